The second-order valence-corrected chi connectivity index (χ2v) is 8.76. The van der Waals surface area contributed by atoms with Crippen molar-refractivity contribution in [1.82, 2.24) is 16.0 Å². The Bertz CT molecular complexity index is 666. The highest BCUT2D eigenvalue weighted by molar-refractivity contribution is 7.98. The summed E-state index contributed by atoms with van der Waals surface area (Å²) in [6.07, 6.45) is 2.52. The number of carboxylic acid groups (broad SMARTS) is 1. The second-order valence-electron chi connectivity index (χ2n) is 7.41. The molecule has 11 nitrogen and oxygen atoms in total. The average Bonchev–Trinajstić information content (AvgIpc) is 2.75. The molecule has 0 aliphatic rings. The van der Waals surface area contributed by atoms with Crippen LogP contribution in [0.25, 0.3) is 0 Å². The van der Waals surface area contributed by atoms with Gasteiger partial charge in [-0.2, -0.15) is 24.4 Å². The minimum atomic E-state index is -1.19. The highest BCUT2D eigenvalue weighted by atomic mass is 32.2. The molecular weight excluding hydrogens is 458 g/mol. The van der Waals surface area contributed by atoms with Crippen molar-refractivity contribution in [2.45, 2.75) is 63.7 Å². The topological polar surface area (TPSA) is 194 Å². The molecule has 0 saturated carbocycles. The minimum Gasteiger partial charge on any atom is -0.480 e. The molecule has 0 aliphatic heterocycles. The predicted octanol–water partition coefficient (Wildman–Crippen LogP) is -1.15. The first-order valence-electron chi connectivity index (χ1n) is 10.3. The third-order valence-electron chi connectivity index (χ3n) is 4.87. The summed E-state index contributed by atoms with van der Waals surface area (Å²) >= 11 is 5.58. The summed E-state index contributed by atoms with van der Waals surface area (Å²) in [5.74, 6) is -3.69. The molecule has 0 aliphatic carbocycles. The third kappa shape index (κ3) is 11.0. The number of primary amides is 1. The Hall–Kier alpha value is -1.99. The van der Waals surface area contributed by atoms with Crippen LogP contribution in [0.4, 0.5) is 0 Å². The molecule has 5 atom stereocenters. The third-order valence-corrected chi connectivity index (χ3v) is 5.88. The van der Waals surface area contributed by atoms with Crippen LogP contribution in [0.2, 0.25) is 0 Å². The van der Waals surface area contributed by atoms with Crippen LogP contribution in [-0.4, -0.2) is 76.6 Å². The van der Waals surface area contributed by atoms with Crippen LogP contribution in [0, 0.1) is 5.92 Å². The Morgan fingerprint density at radius 2 is 1.56 bits per heavy atom. The maximum atomic E-state index is 12.8. The summed E-state index contributed by atoms with van der Waals surface area (Å²) in [4.78, 5) is 60.3. The van der Waals surface area contributed by atoms with Gasteiger partial charge in [-0.15, -0.1) is 0 Å². The number of carbonyl (C=O) groups is 5. The minimum absolute atomic E-state index is 0.0896. The molecule has 0 aromatic heterocycles. The van der Waals surface area contributed by atoms with E-state index in [0.717, 1.165) is 0 Å². The normalized spacial score (nSPS) is 15.5. The van der Waals surface area contributed by atoms with E-state index in [9.17, 15) is 29.1 Å². The van der Waals surface area contributed by atoms with Crippen LogP contribution in [0.3, 0.4) is 0 Å². The SMILES string of the molecule is CCC(C)C(NC(=O)C(CS)NC(=O)C(CCC(N)=O)NC(=O)C(N)CCSC)C(=O)O. The van der Waals surface area contributed by atoms with Gasteiger partial charge in [0.25, 0.3) is 0 Å². The largest absolute Gasteiger partial charge is 0.480 e. The summed E-state index contributed by atoms with van der Waals surface area (Å²) in [5, 5.41) is 16.7. The molecule has 4 amide bonds. The van der Waals surface area contributed by atoms with E-state index >= 15 is 0 Å². The number of hydrogen-bond donors (Lipinski definition) is 7. The number of nitrogens with one attached hydrogen (secondary N) is 3. The molecule has 13 heteroatoms. The Kier molecular flexibility index (Phi) is 14.8. The Labute approximate surface area is 198 Å². The van der Waals surface area contributed by atoms with Gasteiger partial charge in [-0.25, -0.2) is 4.79 Å². The first kappa shape index (κ1) is 30.0. The molecule has 0 radical (unpaired) electrons. The van der Waals surface area contributed by atoms with Crippen molar-refractivity contribution in [3.8, 4) is 0 Å². The Morgan fingerprint density at radius 1 is 1.00 bits per heavy atom. The van der Waals surface area contributed by atoms with Crippen molar-refractivity contribution in [1.29, 1.82) is 0 Å². The zero-order valence-corrected chi connectivity index (χ0v) is 20.3. The van der Waals surface area contributed by atoms with E-state index in [1.54, 1.807) is 13.8 Å². The first-order chi connectivity index (χ1) is 15.0. The molecule has 5 unspecified atom stereocenters. The van der Waals surface area contributed by atoms with E-state index < -0.39 is 53.8 Å². The molecule has 0 bridgehead atoms. The molecule has 0 aromatic rings. The molecule has 0 aromatic carbocycles. The van der Waals surface area contributed by atoms with Gasteiger partial charge in [-0.3, -0.25) is 19.2 Å². The van der Waals surface area contributed by atoms with Crippen LogP contribution >= 0.6 is 24.4 Å². The van der Waals surface area contributed by atoms with Crippen molar-refractivity contribution < 1.29 is 29.1 Å². The van der Waals surface area contributed by atoms with Crippen molar-refractivity contribution in [3.05, 3.63) is 0 Å². The monoisotopic (exact) mass is 493 g/mol. The molecule has 184 valence electrons. The highest BCUT2D eigenvalue weighted by Crippen LogP contribution is 2.09. The van der Waals surface area contributed by atoms with Crippen molar-refractivity contribution >= 4 is 54.0 Å². The number of thiol groups is 1. The lowest BCUT2D eigenvalue weighted by Crippen LogP contribution is -2.58. The quantitative estimate of drug-likeness (QED) is 0.131. The lowest BCUT2D eigenvalue weighted by Gasteiger charge is -2.25. The summed E-state index contributed by atoms with van der Waals surface area (Å²) in [5.41, 5.74) is 11.0. The lowest BCUT2D eigenvalue weighted by molar-refractivity contribution is -0.143. The molecule has 0 heterocycles. The molecule has 32 heavy (non-hydrogen) atoms. The summed E-state index contributed by atoms with van der Waals surface area (Å²) < 4.78 is 0. The fourth-order valence-corrected chi connectivity index (χ4v) is 3.36. The summed E-state index contributed by atoms with van der Waals surface area (Å²) in [7, 11) is 0. The Balaban J connectivity index is 5.30. The fourth-order valence-electron chi connectivity index (χ4n) is 2.61. The van der Waals surface area contributed by atoms with Gasteiger partial charge in [0.2, 0.25) is 23.6 Å². The van der Waals surface area contributed by atoms with Gasteiger partial charge in [0, 0.05) is 12.2 Å². The van der Waals surface area contributed by atoms with E-state index in [-0.39, 0.29) is 24.5 Å². The van der Waals surface area contributed by atoms with E-state index in [1.807, 2.05) is 6.26 Å². The van der Waals surface area contributed by atoms with Gasteiger partial charge in [-0.1, -0.05) is 20.3 Å². The van der Waals surface area contributed by atoms with Crippen molar-refractivity contribution in [2.75, 3.05) is 17.8 Å². The van der Waals surface area contributed by atoms with Crippen LogP contribution in [0.1, 0.15) is 39.5 Å². The van der Waals surface area contributed by atoms with Crippen LogP contribution in [0.15, 0.2) is 0 Å². The molecular formula is C19H35N5O6S2. The van der Waals surface area contributed by atoms with Gasteiger partial charge >= 0.3 is 5.97 Å². The molecule has 0 fully saturated rings. The van der Waals surface area contributed by atoms with Gasteiger partial charge < -0.3 is 32.5 Å². The van der Waals surface area contributed by atoms with Crippen molar-refractivity contribution in [3.63, 3.8) is 0 Å². The Morgan fingerprint density at radius 3 is 2.03 bits per heavy atom. The van der Waals surface area contributed by atoms with E-state index in [1.165, 1.54) is 11.8 Å². The van der Waals surface area contributed by atoms with Crippen molar-refractivity contribution in [2.24, 2.45) is 17.4 Å². The lowest BCUT2D eigenvalue weighted by atomic mass is 9.99. The standard InChI is InChI=1S/C19H35N5O6S2/c1-4-10(2)15(19(29)30)24-18(28)13(9-31)23-17(27)12(5-6-14(21)25)22-16(26)11(20)7-8-32-3/h10-13,15,31H,4-9,20H2,1-3H3,(H2,21,25)(H,22,26)(H,23,27)(H,24,28)(H,29,30). The number of thioether (sulfide) groups is 1. The average molecular weight is 494 g/mol. The number of aliphatic carboxylic acids is 1. The van der Waals surface area contributed by atoms with Gasteiger partial charge in [0.05, 0.1) is 6.04 Å². The smallest absolute Gasteiger partial charge is 0.326 e. The van der Waals surface area contributed by atoms with Gasteiger partial charge in [0.1, 0.15) is 18.1 Å². The maximum Gasteiger partial charge on any atom is 0.326 e. The highest BCUT2D eigenvalue weighted by Gasteiger charge is 2.31. The zero-order chi connectivity index (χ0) is 24.8. The first-order valence-corrected chi connectivity index (χ1v) is 12.3. The predicted molar refractivity (Wildman–Crippen MR) is 126 cm³/mol. The van der Waals surface area contributed by atoms with Crippen LogP contribution < -0.4 is 27.4 Å². The summed E-state index contributed by atoms with van der Waals surface area (Å²) in [6, 6.07) is -4.29. The van der Waals surface area contributed by atoms with E-state index in [2.05, 4.69) is 28.6 Å². The van der Waals surface area contributed by atoms with E-state index in [0.29, 0.717) is 18.6 Å². The van der Waals surface area contributed by atoms with E-state index in [4.69, 9.17) is 11.5 Å². The number of carboxylic acids is 1. The molecule has 0 rings (SSSR count). The maximum absolute atomic E-state index is 12.8. The van der Waals surface area contributed by atoms with Crippen LogP contribution in [-0.2, 0) is 24.0 Å². The molecule has 0 saturated heterocycles. The second kappa shape index (κ2) is 15.8. The number of carbonyl (C=O) groups excluding carboxylic acids is 4. The fraction of sp³-hybridized carbons (Fsp3) is 0.737. The van der Waals surface area contributed by atoms with Crippen LogP contribution in [0.5, 0.6) is 0 Å². The number of amides is 4. The molecule has 8 N–H and O–H groups in total. The van der Waals surface area contributed by atoms with Gasteiger partial charge in [0.15, 0.2) is 0 Å². The summed E-state index contributed by atoms with van der Waals surface area (Å²) in [6.45, 7) is 3.48. The van der Waals surface area contributed by atoms with Gasteiger partial charge in [-0.05, 0) is 30.8 Å². The molecule has 0 spiro atoms. The number of nitrogens with two attached hydrogens (primary N) is 2. The number of rotatable bonds is 16. The zero-order valence-electron chi connectivity index (χ0n) is 18.6. The number of hydrogen-bond acceptors (Lipinski definition) is 8.